The minimum Gasteiger partial charge on any atom is -0.324 e. The van der Waals surface area contributed by atoms with Gasteiger partial charge in [-0.3, -0.25) is 9.59 Å². The third-order valence-electron chi connectivity index (χ3n) is 7.96. The molecule has 0 amide bonds. The fraction of sp³-hybridized carbons (Fsp3) is 0.714. The van der Waals surface area contributed by atoms with Crippen molar-refractivity contribution >= 4 is 27.5 Å². The zero-order valence-electron chi connectivity index (χ0n) is 14.8. The molecule has 4 aliphatic carbocycles. The average Bonchev–Trinajstić information content (AvgIpc) is 2.90. The summed E-state index contributed by atoms with van der Waals surface area (Å²) in [7, 11) is 0. The normalized spacial score (nSPS) is 45.6. The molecular formula is C21H26BrNO2. The monoisotopic (exact) mass is 403 g/mol. The van der Waals surface area contributed by atoms with Gasteiger partial charge in [0.2, 0.25) is 0 Å². The quantitative estimate of drug-likeness (QED) is 0.678. The van der Waals surface area contributed by atoms with Crippen molar-refractivity contribution in [2.75, 3.05) is 0 Å². The molecular weight excluding hydrogens is 378 g/mol. The van der Waals surface area contributed by atoms with Crippen LogP contribution < -0.4 is 5.73 Å². The van der Waals surface area contributed by atoms with Crippen LogP contribution in [-0.2, 0) is 9.59 Å². The highest BCUT2D eigenvalue weighted by molar-refractivity contribution is 9.12. The van der Waals surface area contributed by atoms with Gasteiger partial charge in [0.25, 0.3) is 0 Å². The maximum atomic E-state index is 12.5. The summed E-state index contributed by atoms with van der Waals surface area (Å²) in [5.41, 5.74) is 7.55. The highest BCUT2D eigenvalue weighted by atomic mass is 79.9. The van der Waals surface area contributed by atoms with Gasteiger partial charge in [-0.05, 0) is 66.3 Å². The number of hydrogen-bond acceptors (Lipinski definition) is 3. The number of Topliss-reactive ketones (excluding diaryl/α,β-unsaturated/α-hetero) is 1. The fourth-order valence-corrected chi connectivity index (χ4v) is 6.90. The van der Waals surface area contributed by atoms with Gasteiger partial charge in [0, 0.05) is 52.1 Å². The second-order valence-corrected chi connectivity index (χ2v) is 9.20. The van der Waals surface area contributed by atoms with Crippen molar-refractivity contribution in [3.05, 3.63) is 11.6 Å². The van der Waals surface area contributed by atoms with E-state index < -0.39 is 0 Å². The molecule has 0 aromatic heterocycles. The van der Waals surface area contributed by atoms with E-state index in [2.05, 4.69) is 33.6 Å². The summed E-state index contributed by atoms with van der Waals surface area (Å²) in [6.07, 6.45) is 8.79. The second-order valence-electron chi connectivity index (χ2n) is 8.81. The Morgan fingerprint density at radius 2 is 2.04 bits per heavy atom. The van der Waals surface area contributed by atoms with E-state index in [1.807, 2.05) is 6.08 Å². The molecule has 0 bridgehead atoms. The van der Waals surface area contributed by atoms with Crippen molar-refractivity contribution in [2.45, 2.75) is 64.3 Å². The molecule has 3 fully saturated rings. The van der Waals surface area contributed by atoms with Crippen LogP contribution in [0, 0.1) is 39.3 Å². The summed E-state index contributed by atoms with van der Waals surface area (Å²) in [6.45, 7) is 2.19. The lowest BCUT2D eigenvalue weighted by molar-refractivity contribution is -0.133. The average molecular weight is 404 g/mol. The molecule has 0 saturated heterocycles. The van der Waals surface area contributed by atoms with Crippen LogP contribution in [0.5, 0.6) is 0 Å². The molecule has 0 heterocycles. The predicted octanol–water partition coefficient (Wildman–Crippen LogP) is 3.75. The SMILES string of the molecule is C[C@]12CC[C@H]3[C@@H](C[C@H](N)C4=CC(=O)CC[C@@]43CC#CBr)[C@@H]1CCC2=O. The Hall–Kier alpha value is -0.920. The lowest BCUT2D eigenvalue weighted by atomic mass is 9.45. The topological polar surface area (TPSA) is 60.2 Å². The Balaban J connectivity index is 1.78. The number of rotatable bonds is 1. The Morgan fingerprint density at radius 1 is 1.24 bits per heavy atom. The lowest BCUT2D eigenvalue weighted by Gasteiger charge is -2.59. The van der Waals surface area contributed by atoms with Crippen molar-refractivity contribution in [2.24, 2.45) is 34.3 Å². The summed E-state index contributed by atoms with van der Waals surface area (Å²) in [5, 5.41) is 0. The molecule has 0 aromatic rings. The Labute approximate surface area is 158 Å². The Morgan fingerprint density at radius 3 is 2.80 bits per heavy atom. The van der Waals surface area contributed by atoms with Crippen molar-refractivity contribution in [1.29, 1.82) is 0 Å². The molecule has 3 nitrogen and oxygen atoms in total. The summed E-state index contributed by atoms with van der Waals surface area (Å²) in [4.78, 5) is 27.5. The second kappa shape index (κ2) is 6.06. The maximum Gasteiger partial charge on any atom is 0.155 e. The van der Waals surface area contributed by atoms with Crippen LogP contribution >= 0.6 is 15.9 Å². The summed E-state index contributed by atoms with van der Waals surface area (Å²) < 4.78 is 0. The summed E-state index contributed by atoms with van der Waals surface area (Å²) in [6, 6.07) is -0.0688. The third kappa shape index (κ3) is 2.42. The van der Waals surface area contributed by atoms with Gasteiger partial charge in [-0.1, -0.05) is 12.8 Å². The third-order valence-corrected chi connectivity index (χ3v) is 8.24. The van der Waals surface area contributed by atoms with Crippen molar-refractivity contribution in [3.8, 4) is 10.8 Å². The maximum absolute atomic E-state index is 12.5. The molecule has 4 rings (SSSR count). The number of fused-ring (bicyclic) bond motifs is 5. The molecule has 3 saturated carbocycles. The van der Waals surface area contributed by atoms with Gasteiger partial charge in [-0.25, -0.2) is 0 Å². The van der Waals surface area contributed by atoms with Crippen LogP contribution in [-0.4, -0.2) is 17.6 Å². The highest BCUT2D eigenvalue weighted by Crippen LogP contribution is 2.65. The number of halogens is 1. The van der Waals surface area contributed by atoms with Crippen LogP contribution in [0.2, 0.25) is 0 Å². The number of ketones is 2. The fourth-order valence-electron chi connectivity index (χ4n) is 6.76. The molecule has 0 aromatic carbocycles. The van der Waals surface area contributed by atoms with E-state index >= 15 is 0 Å². The number of carbonyl (C=O) groups is 2. The van der Waals surface area contributed by atoms with Crippen LogP contribution in [0.15, 0.2) is 11.6 Å². The Kier molecular flexibility index (Phi) is 4.24. The van der Waals surface area contributed by atoms with E-state index in [1.54, 1.807) is 0 Å². The first kappa shape index (κ1) is 17.5. The molecule has 0 aliphatic heterocycles. The number of carbonyl (C=O) groups excluding carboxylic acids is 2. The zero-order chi connectivity index (χ0) is 17.8. The van der Waals surface area contributed by atoms with E-state index in [0.717, 1.165) is 50.5 Å². The van der Waals surface area contributed by atoms with Crippen LogP contribution in [0.25, 0.3) is 0 Å². The summed E-state index contributed by atoms with van der Waals surface area (Å²) in [5.74, 6) is 5.36. The number of hydrogen-bond donors (Lipinski definition) is 1. The van der Waals surface area contributed by atoms with Crippen LogP contribution in [0.3, 0.4) is 0 Å². The smallest absolute Gasteiger partial charge is 0.155 e. The van der Waals surface area contributed by atoms with Gasteiger partial charge in [0.1, 0.15) is 5.78 Å². The van der Waals surface area contributed by atoms with Gasteiger partial charge in [-0.2, -0.15) is 0 Å². The van der Waals surface area contributed by atoms with Crippen LogP contribution in [0.1, 0.15) is 58.3 Å². The van der Waals surface area contributed by atoms with E-state index in [-0.39, 0.29) is 22.7 Å². The van der Waals surface area contributed by atoms with Gasteiger partial charge >= 0.3 is 0 Å². The van der Waals surface area contributed by atoms with E-state index in [1.165, 1.54) is 0 Å². The van der Waals surface area contributed by atoms with Gasteiger partial charge in [0.05, 0.1) is 0 Å². The molecule has 0 radical (unpaired) electrons. The molecule has 0 spiro atoms. The molecule has 6 atom stereocenters. The molecule has 4 aliphatic rings. The van der Waals surface area contributed by atoms with Crippen molar-refractivity contribution in [1.82, 2.24) is 0 Å². The van der Waals surface area contributed by atoms with E-state index in [4.69, 9.17) is 5.73 Å². The minimum atomic E-state index is -0.144. The first-order valence-corrected chi connectivity index (χ1v) is 10.3. The van der Waals surface area contributed by atoms with Crippen LogP contribution in [0.4, 0.5) is 0 Å². The van der Waals surface area contributed by atoms with Gasteiger partial charge in [0.15, 0.2) is 5.78 Å². The van der Waals surface area contributed by atoms with Gasteiger partial charge in [-0.15, -0.1) is 0 Å². The van der Waals surface area contributed by atoms with Gasteiger partial charge < -0.3 is 5.73 Å². The molecule has 4 heteroatoms. The van der Waals surface area contributed by atoms with E-state index in [9.17, 15) is 9.59 Å². The standard InChI is InChI=1S/C21H26BrNO2/c1-20-8-6-16-14(15(20)3-4-19(20)25)12-18(23)17-11-13(24)5-9-21(16,17)7-2-10-22/h11,14-16,18H,3-9,12,23H2,1H3/t14-,15-,16-,18-,20-,21+/m0/s1. The minimum absolute atomic E-state index is 0.0655. The molecule has 25 heavy (non-hydrogen) atoms. The molecule has 0 unspecified atom stereocenters. The molecule has 2 N–H and O–H groups in total. The Bertz CT molecular complexity index is 717. The first-order valence-electron chi connectivity index (χ1n) is 9.54. The first-order chi connectivity index (χ1) is 11.9. The largest absolute Gasteiger partial charge is 0.324 e. The lowest BCUT2D eigenvalue weighted by Crippen LogP contribution is -2.56. The molecule has 134 valence electrons. The zero-order valence-corrected chi connectivity index (χ0v) is 16.4. The summed E-state index contributed by atoms with van der Waals surface area (Å²) >= 11 is 3.24. The van der Waals surface area contributed by atoms with Crippen molar-refractivity contribution in [3.63, 3.8) is 0 Å². The highest BCUT2D eigenvalue weighted by Gasteiger charge is 2.61. The number of nitrogens with two attached hydrogens (primary N) is 1. The van der Waals surface area contributed by atoms with Crippen molar-refractivity contribution < 1.29 is 9.59 Å². The predicted molar refractivity (Wildman–Crippen MR) is 101 cm³/mol. The van der Waals surface area contributed by atoms with E-state index in [0.29, 0.717) is 30.0 Å².